The number of hydroxylamine groups is 1. The number of aromatic carboxylic acids is 1. The van der Waals surface area contributed by atoms with Crippen LogP contribution >= 0.6 is 0 Å². The number of aliphatic hydroxyl groups is 1. The van der Waals surface area contributed by atoms with Gasteiger partial charge in [-0.3, -0.25) is 14.2 Å². The largest absolute Gasteiger partial charge is 0.493 e. The number of nitrogens with one attached hydrogen (secondary N) is 1. The van der Waals surface area contributed by atoms with Gasteiger partial charge in [-0.2, -0.15) is 29.9 Å². The Morgan fingerprint density at radius 3 is 0.973 bits per heavy atom. The van der Waals surface area contributed by atoms with Gasteiger partial charge in [-0.25, -0.2) is 52.4 Å². The number of carbonyl (C=O) groups is 2. The van der Waals surface area contributed by atoms with Gasteiger partial charge in [0.05, 0.1) is 109 Å². The minimum Gasteiger partial charge on any atom is -0.493 e. The van der Waals surface area contributed by atoms with E-state index < -0.39 is 89.9 Å². The molecular formula is C72H106N6O28S6. The van der Waals surface area contributed by atoms with E-state index in [0.717, 1.165) is 51.2 Å². The summed E-state index contributed by atoms with van der Waals surface area (Å²) in [5.41, 5.74) is 0.795. The molecule has 0 bridgehead atoms. The van der Waals surface area contributed by atoms with Gasteiger partial charge < -0.3 is 57.6 Å². The second-order valence-corrected chi connectivity index (χ2v) is 37.8. The third-order valence-corrected chi connectivity index (χ3v) is 29.7. The minimum atomic E-state index is -3.90. The molecular weight excluding hydrogens is 1590 g/mol. The van der Waals surface area contributed by atoms with Gasteiger partial charge in [0.25, 0.3) is 16.0 Å². The lowest BCUT2D eigenvalue weighted by molar-refractivity contribution is 0.0684. The summed E-state index contributed by atoms with van der Waals surface area (Å²) in [4.78, 5) is 23.8. The third-order valence-electron chi connectivity index (χ3n) is 19.5. The zero-order valence-corrected chi connectivity index (χ0v) is 70.4. The second-order valence-electron chi connectivity index (χ2n) is 26.6. The number of piperidine rings is 5. The van der Waals surface area contributed by atoms with Crippen molar-refractivity contribution in [3.63, 3.8) is 0 Å². The minimum absolute atomic E-state index is 0.0458. The number of aliphatic hydroxyl groups excluding tert-OH is 1. The quantitative estimate of drug-likeness (QED) is 0.0253. The highest BCUT2D eigenvalue weighted by Crippen LogP contribution is 2.41. The Labute approximate surface area is 658 Å². The van der Waals surface area contributed by atoms with E-state index in [1.54, 1.807) is 22.5 Å². The molecule has 0 saturated carbocycles. The van der Waals surface area contributed by atoms with Gasteiger partial charge in [0.1, 0.15) is 16.0 Å². The first kappa shape index (κ1) is 93.3. The van der Waals surface area contributed by atoms with Crippen LogP contribution in [-0.4, -0.2) is 254 Å². The fourth-order valence-electron chi connectivity index (χ4n) is 12.9. The van der Waals surface area contributed by atoms with Gasteiger partial charge in [0.2, 0.25) is 50.1 Å². The van der Waals surface area contributed by atoms with Gasteiger partial charge in [-0.15, -0.1) is 0 Å². The maximum Gasteiger partial charge on any atom is 0.341 e. The van der Waals surface area contributed by atoms with E-state index in [2.05, 4.69) is 20.8 Å². The lowest BCUT2D eigenvalue weighted by atomic mass is 9.96. The molecule has 5 aromatic rings. The van der Waals surface area contributed by atoms with Crippen LogP contribution in [0, 0.1) is 17.8 Å². The smallest absolute Gasteiger partial charge is 0.341 e. The highest BCUT2D eigenvalue weighted by atomic mass is 32.2. The molecule has 112 heavy (non-hydrogen) atoms. The van der Waals surface area contributed by atoms with E-state index in [0.29, 0.717) is 130 Å². The van der Waals surface area contributed by atoms with Crippen molar-refractivity contribution in [3.8, 4) is 57.5 Å². The summed E-state index contributed by atoms with van der Waals surface area (Å²) < 4.78 is 213. The van der Waals surface area contributed by atoms with E-state index in [-0.39, 0.29) is 66.1 Å². The molecule has 5 aromatic carbocycles. The standard InChI is InChI=1S/C15H22N2O6S.C15H21NO6S.C15H23NO4S.C14H21NO7S2.C13H19NO5S/c1-10-6-8-17(9-7-10)24(20,21)12-5-4-11(22-2)14(23-3)13(12)15(18)16-19;1-10-6-8-16(9-7-10)23(19,20)12-5-4-11(21-2)14(22-3)13(12)15(17)18;1-4-12-7-9-16(10-8-12)21(17,18)13-5-6-14(19-2)15(11-13)20-3;1-20-13-5-4-12(10-14(13)21-2)24(18,19)15-8-6-11(7-9-15)22-23(3,16)17;1-18-12-4-3-11(9-13(12)19-2)20(16,17)14-7-5-10(15)6-8-14/h4-5,10,19H,6-9H2,1-3H3,(H,16,18);4-5,10H,6-9H2,1-3H3,(H,17,18);5-6,11-12H,4,7-10H2,1-3H3;4-5,10-11H,6-9H2,1-3H3;3-4,9-10,15H,5-8H2,1-2H3. The maximum atomic E-state index is 13.0. The summed E-state index contributed by atoms with van der Waals surface area (Å²) in [6, 6.07) is 19.0. The molecule has 0 radical (unpaired) electrons. The molecule has 0 spiro atoms. The molecule has 0 aliphatic carbocycles. The van der Waals surface area contributed by atoms with E-state index in [9.17, 15) is 70.3 Å². The van der Waals surface area contributed by atoms with E-state index in [1.165, 1.54) is 154 Å². The van der Waals surface area contributed by atoms with Crippen LogP contribution in [-0.2, 0) is 64.4 Å². The number of benzene rings is 5. The number of methoxy groups -OCH3 is 10. The van der Waals surface area contributed by atoms with Crippen LogP contribution < -0.4 is 52.8 Å². The number of rotatable bonds is 25. The highest BCUT2D eigenvalue weighted by Gasteiger charge is 2.39. The van der Waals surface area contributed by atoms with Gasteiger partial charge in [-0.05, 0) is 143 Å². The molecule has 0 atom stereocenters. The molecule has 4 N–H and O–H groups in total. The Morgan fingerprint density at radius 2 is 0.679 bits per heavy atom. The number of carboxylic acids is 1. The summed E-state index contributed by atoms with van der Waals surface area (Å²) in [5.74, 6) is 2.05. The maximum absolute atomic E-state index is 13.0. The second kappa shape index (κ2) is 41.6. The topological polar surface area (TPSA) is 429 Å². The van der Waals surface area contributed by atoms with Crippen LogP contribution in [0.15, 0.2) is 103 Å². The van der Waals surface area contributed by atoms with Crippen molar-refractivity contribution in [2.75, 3.05) is 143 Å². The number of sulfonamides is 5. The fourth-order valence-corrected chi connectivity index (χ4v) is 21.3. The summed E-state index contributed by atoms with van der Waals surface area (Å²) in [7, 11) is -7.84. The number of ether oxygens (including phenoxy) is 10. The Hall–Kier alpha value is -7.58. The normalized spacial score (nSPS) is 17.4. The number of hydrogen-bond donors (Lipinski definition) is 4. The molecule has 5 aliphatic rings. The van der Waals surface area contributed by atoms with Crippen molar-refractivity contribution in [2.45, 2.75) is 128 Å². The molecule has 5 fully saturated rings. The Balaban J connectivity index is 0.000000219. The van der Waals surface area contributed by atoms with Gasteiger partial charge in [0, 0.05) is 83.6 Å². The average molecular weight is 1700 g/mol. The molecule has 5 heterocycles. The van der Waals surface area contributed by atoms with E-state index in [4.69, 9.17) is 56.8 Å². The van der Waals surface area contributed by atoms with Crippen molar-refractivity contribution in [2.24, 2.45) is 17.8 Å². The van der Waals surface area contributed by atoms with Crippen LogP contribution in [0.1, 0.15) is 112 Å². The monoisotopic (exact) mass is 1690 g/mol. The van der Waals surface area contributed by atoms with Crippen LogP contribution in [0.3, 0.4) is 0 Å². The Kier molecular flexibility index (Phi) is 34.7. The average Bonchev–Trinajstić information content (AvgIpc) is 0.775. The van der Waals surface area contributed by atoms with Crippen molar-refractivity contribution in [1.82, 2.24) is 27.0 Å². The molecule has 34 nitrogen and oxygen atoms in total. The molecule has 1 amide bonds. The SMILES string of the molecule is CCC1CCN(S(=O)(=O)c2ccc(OC)c(OC)c2)CC1.COc1ccc(S(=O)(=O)N2CCC(C)CC2)c(C(=O)NO)c1OC.COc1ccc(S(=O)(=O)N2CCC(C)CC2)c(C(=O)O)c1OC.COc1ccc(S(=O)(=O)N2CCC(O)CC2)cc1OC.COc1ccc(S(=O)(=O)N2CCC(OS(C)(=O)=O)CC2)cc1OC. The lowest BCUT2D eigenvalue weighted by Gasteiger charge is -2.30. The molecule has 5 saturated heterocycles. The first-order valence-corrected chi connectivity index (χ1v) is 44.8. The molecule has 0 aromatic heterocycles. The summed E-state index contributed by atoms with van der Waals surface area (Å²) >= 11 is 0. The van der Waals surface area contributed by atoms with Gasteiger partial charge in [-0.1, -0.05) is 27.2 Å². The van der Waals surface area contributed by atoms with Crippen molar-refractivity contribution in [1.29, 1.82) is 0 Å². The number of carbonyl (C=O) groups excluding carboxylic acids is 1. The van der Waals surface area contributed by atoms with Crippen molar-refractivity contribution < 1.29 is 127 Å². The number of amides is 1. The van der Waals surface area contributed by atoms with Gasteiger partial charge in [0.15, 0.2) is 57.5 Å². The number of nitrogens with zero attached hydrogens (tertiary/aromatic N) is 5. The fraction of sp³-hybridized carbons (Fsp3) is 0.556. The van der Waals surface area contributed by atoms with E-state index in [1.807, 2.05) is 0 Å². The number of carboxylic acid groups (broad SMARTS) is 1. The third kappa shape index (κ3) is 23.3. The van der Waals surface area contributed by atoms with Crippen LogP contribution in [0.2, 0.25) is 0 Å². The van der Waals surface area contributed by atoms with Crippen molar-refractivity contribution in [3.05, 3.63) is 90.0 Å². The predicted octanol–water partition coefficient (Wildman–Crippen LogP) is 7.26. The highest BCUT2D eigenvalue weighted by molar-refractivity contribution is 7.90. The van der Waals surface area contributed by atoms with Crippen LogP contribution in [0.4, 0.5) is 0 Å². The Morgan fingerprint density at radius 1 is 0.393 bits per heavy atom. The zero-order chi connectivity index (χ0) is 83.3. The van der Waals surface area contributed by atoms with Crippen molar-refractivity contribution >= 4 is 72.1 Å². The van der Waals surface area contributed by atoms with Gasteiger partial charge >= 0.3 is 5.97 Å². The molecule has 10 rings (SSSR count). The Bertz CT molecular complexity index is 4690. The predicted molar refractivity (Wildman–Crippen MR) is 412 cm³/mol. The zero-order valence-electron chi connectivity index (χ0n) is 65.5. The molecule has 40 heteroatoms. The van der Waals surface area contributed by atoms with Crippen LogP contribution in [0.25, 0.3) is 0 Å². The first-order valence-electron chi connectivity index (χ1n) is 35.8. The molecule has 0 unspecified atom stereocenters. The summed E-state index contributed by atoms with van der Waals surface area (Å²) in [5, 5.41) is 27.9. The molecule has 628 valence electrons. The number of hydrogen-bond acceptors (Lipinski definition) is 27. The van der Waals surface area contributed by atoms with E-state index >= 15 is 0 Å². The first-order chi connectivity index (χ1) is 52.9. The summed E-state index contributed by atoms with van der Waals surface area (Å²) in [6.45, 7) is 10.1. The lowest BCUT2D eigenvalue weighted by Crippen LogP contribution is -2.41. The van der Waals surface area contributed by atoms with Crippen LogP contribution in [0.5, 0.6) is 57.5 Å². The summed E-state index contributed by atoms with van der Waals surface area (Å²) in [6.07, 6.45) is 7.67. The molecule has 5 aliphatic heterocycles.